The number of likely N-dealkylation sites (tertiary alicyclic amines) is 1. The van der Waals surface area contributed by atoms with Gasteiger partial charge in [0.2, 0.25) is 11.8 Å². The quantitative estimate of drug-likeness (QED) is 0.865. The smallest absolute Gasteiger partial charge is 0.223 e. The van der Waals surface area contributed by atoms with E-state index in [2.05, 4.69) is 5.32 Å². The summed E-state index contributed by atoms with van der Waals surface area (Å²) in [6.07, 6.45) is 4.21. The summed E-state index contributed by atoms with van der Waals surface area (Å²) in [7, 11) is 0. The molecule has 1 heterocycles. The first-order valence-corrected chi connectivity index (χ1v) is 8.51. The zero-order valence-corrected chi connectivity index (χ0v) is 13.5. The molecule has 2 amide bonds. The predicted molar refractivity (Wildman–Crippen MR) is 88.3 cm³/mol. The van der Waals surface area contributed by atoms with Crippen molar-refractivity contribution in [3.63, 3.8) is 0 Å². The first-order valence-electron chi connectivity index (χ1n) is 8.51. The number of amides is 2. The zero-order chi connectivity index (χ0) is 16.2. The number of carbonyl (C=O) groups excluding carboxylic acids is 2. The van der Waals surface area contributed by atoms with E-state index in [1.165, 1.54) is 0 Å². The van der Waals surface area contributed by atoms with Gasteiger partial charge in [-0.2, -0.15) is 0 Å². The molecule has 0 radical (unpaired) electrons. The Labute approximate surface area is 137 Å². The monoisotopic (exact) mass is 315 g/mol. The van der Waals surface area contributed by atoms with Crippen LogP contribution >= 0.6 is 0 Å². The van der Waals surface area contributed by atoms with Gasteiger partial charge in [-0.25, -0.2) is 0 Å². The average Bonchev–Trinajstić information content (AvgIpc) is 3.15. The summed E-state index contributed by atoms with van der Waals surface area (Å²) in [6.45, 7) is 1.99. The van der Waals surface area contributed by atoms with Crippen LogP contribution in [-0.2, 0) is 22.7 Å². The molecule has 2 fully saturated rings. The lowest BCUT2D eigenvalue weighted by Gasteiger charge is -2.19. The van der Waals surface area contributed by atoms with Gasteiger partial charge in [0.1, 0.15) is 0 Å². The Kier molecular flexibility index (Phi) is 4.96. The topological polar surface area (TPSA) is 75.4 Å². The summed E-state index contributed by atoms with van der Waals surface area (Å²) in [5.41, 5.74) is 8.08. The minimum Gasteiger partial charge on any atom is -0.352 e. The summed E-state index contributed by atoms with van der Waals surface area (Å²) < 4.78 is 0. The number of nitrogens with zero attached hydrogens (tertiary/aromatic N) is 1. The molecule has 2 atom stereocenters. The van der Waals surface area contributed by atoms with E-state index in [9.17, 15) is 9.59 Å². The van der Waals surface area contributed by atoms with Crippen molar-refractivity contribution in [2.45, 2.75) is 51.2 Å². The largest absolute Gasteiger partial charge is 0.352 e. The van der Waals surface area contributed by atoms with Crippen molar-refractivity contribution in [2.24, 2.45) is 11.7 Å². The first-order chi connectivity index (χ1) is 11.1. The lowest BCUT2D eigenvalue weighted by Crippen LogP contribution is -2.31. The fraction of sp³-hybridized carbons (Fsp3) is 0.556. The van der Waals surface area contributed by atoms with Crippen LogP contribution in [0.25, 0.3) is 0 Å². The van der Waals surface area contributed by atoms with Gasteiger partial charge in [0.25, 0.3) is 0 Å². The van der Waals surface area contributed by atoms with E-state index >= 15 is 0 Å². The molecule has 1 aliphatic heterocycles. The highest BCUT2D eigenvalue weighted by Crippen LogP contribution is 2.24. The third-order valence-corrected chi connectivity index (χ3v) is 4.95. The number of hydrogen-bond donors (Lipinski definition) is 2. The van der Waals surface area contributed by atoms with E-state index in [4.69, 9.17) is 5.73 Å². The van der Waals surface area contributed by atoms with Gasteiger partial charge >= 0.3 is 0 Å². The number of nitrogens with two attached hydrogens (primary N) is 1. The second-order valence-electron chi connectivity index (χ2n) is 6.68. The standard InChI is InChI=1S/C18H25N3O2/c19-16-8-7-13(10-16)18(23)20-11-14-4-1-2-5-15(14)12-21-9-3-6-17(21)22/h1-2,4-5,13,16H,3,6-12,19H2,(H,20,23)/t13-,16+/m1/s1. The third-order valence-electron chi connectivity index (χ3n) is 4.95. The van der Waals surface area contributed by atoms with Gasteiger partial charge in [0, 0.05) is 38.0 Å². The maximum absolute atomic E-state index is 12.2. The Morgan fingerprint density at radius 3 is 2.70 bits per heavy atom. The van der Waals surface area contributed by atoms with Crippen LogP contribution in [0.5, 0.6) is 0 Å². The highest BCUT2D eigenvalue weighted by Gasteiger charge is 2.27. The van der Waals surface area contributed by atoms with Crippen LogP contribution in [0.2, 0.25) is 0 Å². The molecule has 23 heavy (non-hydrogen) atoms. The normalized spacial score (nSPS) is 24.2. The van der Waals surface area contributed by atoms with Crippen LogP contribution in [0, 0.1) is 5.92 Å². The lowest BCUT2D eigenvalue weighted by atomic mass is 10.0. The molecule has 3 rings (SSSR count). The highest BCUT2D eigenvalue weighted by molar-refractivity contribution is 5.79. The molecule has 0 aromatic heterocycles. The molecular weight excluding hydrogens is 290 g/mol. The van der Waals surface area contributed by atoms with Gasteiger partial charge in [-0.05, 0) is 36.8 Å². The van der Waals surface area contributed by atoms with Gasteiger partial charge in [-0.15, -0.1) is 0 Å². The fourth-order valence-electron chi connectivity index (χ4n) is 3.54. The molecule has 0 spiro atoms. The number of hydrogen-bond acceptors (Lipinski definition) is 3. The molecule has 0 bridgehead atoms. The van der Waals surface area contributed by atoms with E-state index in [1.807, 2.05) is 29.2 Å². The molecule has 1 aromatic carbocycles. The van der Waals surface area contributed by atoms with Gasteiger partial charge in [0.15, 0.2) is 0 Å². The predicted octanol–water partition coefficient (Wildman–Crippen LogP) is 1.55. The first kappa shape index (κ1) is 16.0. The Morgan fingerprint density at radius 2 is 2.04 bits per heavy atom. The summed E-state index contributed by atoms with van der Waals surface area (Å²) >= 11 is 0. The molecule has 0 unspecified atom stereocenters. The van der Waals surface area contributed by atoms with E-state index in [0.717, 1.165) is 43.4 Å². The average molecular weight is 315 g/mol. The lowest BCUT2D eigenvalue weighted by molar-refractivity contribution is -0.128. The van der Waals surface area contributed by atoms with E-state index in [0.29, 0.717) is 19.5 Å². The van der Waals surface area contributed by atoms with Crippen molar-refractivity contribution in [2.75, 3.05) is 6.54 Å². The van der Waals surface area contributed by atoms with Crippen LogP contribution in [0.15, 0.2) is 24.3 Å². The van der Waals surface area contributed by atoms with E-state index in [1.54, 1.807) is 0 Å². The van der Waals surface area contributed by atoms with E-state index < -0.39 is 0 Å². The Bertz CT molecular complexity index is 587. The molecule has 1 aromatic rings. The van der Waals surface area contributed by atoms with Crippen molar-refractivity contribution in [3.05, 3.63) is 35.4 Å². The molecular formula is C18H25N3O2. The highest BCUT2D eigenvalue weighted by atomic mass is 16.2. The molecule has 1 saturated carbocycles. The van der Waals surface area contributed by atoms with Gasteiger partial charge < -0.3 is 16.0 Å². The Hall–Kier alpha value is -1.88. The van der Waals surface area contributed by atoms with Crippen molar-refractivity contribution >= 4 is 11.8 Å². The molecule has 5 heteroatoms. The molecule has 1 aliphatic carbocycles. The van der Waals surface area contributed by atoms with Crippen molar-refractivity contribution < 1.29 is 9.59 Å². The van der Waals surface area contributed by atoms with Crippen molar-refractivity contribution in [3.8, 4) is 0 Å². The van der Waals surface area contributed by atoms with Crippen molar-refractivity contribution in [1.82, 2.24) is 10.2 Å². The molecule has 3 N–H and O–H groups in total. The fourth-order valence-corrected chi connectivity index (χ4v) is 3.54. The maximum Gasteiger partial charge on any atom is 0.223 e. The minimum absolute atomic E-state index is 0.0531. The summed E-state index contributed by atoms with van der Waals surface area (Å²) in [4.78, 5) is 25.9. The third kappa shape index (κ3) is 3.91. The maximum atomic E-state index is 12.2. The minimum atomic E-state index is 0.0531. The summed E-state index contributed by atoms with van der Waals surface area (Å²) in [5.74, 6) is 0.381. The summed E-state index contributed by atoms with van der Waals surface area (Å²) in [6, 6.07) is 8.19. The Morgan fingerprint density at radius 1 is 1.26 bits per heavy atom. The van der Waals surface area contributed by atoms with Crippen LogP contribution < -0.4 is 11.1 Å². The molecule has 2 aliphatic rings. The van der Waals surface area contributed by atoms with Gasteiger partial charge in [-0.1, -0.05) is 24.3 Å². The summed E-state index contributed by atoms with van der Waals surface area (Å²) in [5, 5.41) is 3.04. The van der Waals surface area contributed by atoms with E-state index in [-0.39, 0.29) is 23.8 Å². The van der Waals surface area contributed by atoms with Crippen LogP contribution in [0.1, 0.15) is 43.2 Å². The number of benzene rings is 1. The zero-order valence-electron chi connectivity index (χ0n) is 13.5. The van der Waals surface area contributed by atoms with Gasteiger partial charge in [0.05, 0.1) is 0 Å². The molecule has 1 saturated heterocycles. The second kappa shape index (κ2) is 7.13. The molecule has 5 nitrogen and oxygen atoms in total. The second-order valence-corrected chi connectivity index (χ2v) is 6.68. The van der Waals surface area contributed by atoms with Crippen LogP contribution in [0.4, 0.5) is 0 Å². The van der Waals surface area contributed by atoms with Crippen LogP contribution in [0.3, 0.4) is 0 Å². The Balaban J connectivity index is 1.59. The molecule has 124 valence electrons. The number of carbonyl (C=O) groups is 2. The SMILES string of the molecule is N[C@H]1CC[C@@H](C(=O)NCc2ccccc2CN2CCCC2=O)C1. The number of rotatable bonds is 5. The van der Waals surface area contributed by atoms with Gasteiger partial charge in [-0.3, -0.25) is 9.59 Å². The van der Waals surface area contributed by atoms with Crippen LogP contribution in [-0.4, -0.2) is 29.3 Å². The van der Waals surface area contributed by atoms with Crippen molar-refractivity contribution in [1.29, 1.82) is 0 Å². The number of nitrogens with one attached hydrogen (secondary N) is 1.